The zero-order valence-corrected chi connectivity index (χ0v) is 21.7. The van der Waals surface area contributed by atoms with Crippen LogP contribution in [0.4, 0.5) is 5.69 Å². The molecule has 3 heterocycles. The van der Waals surface area contributed by atoms with Gasteiger partial charge >= 0.3 is 0 Å². The molecule has 0 saturated heterocycles. The quantitative estimate of drug-likeness (QED) is 0.222. The summed E-state index contributed by atoms with van der Waals surface area (Å²) in [6.45, 7) is 2.08. The zero-order valence-electron chi connectivity index (χ0n) is 19.3. The lowest BCUT2D eigenvalue weighted by Crippen LogP contribution is -2.16. The number of benzene rings is 3. The highest BCUT2D eigenvalue weighted by Crippen LogP contribution is 2.40. The second-order valence-electron chi connectivity index (χ2n) is 8.42. The molecule has 0 fully saturated rings. The first kappa shape index (κ1) is 22.8. The van der Waals surface area contributed by atoms with Crippen molar-refractivity contribution in [2.45, 2.75) is 24.1 Å². The number of ether oxygens (including phenoxy) is 1. The Bertz CT molecular complexity index is 1540. The van der Waals surface area contributed by atoms with Crippen LogP contribution in [0, 0.1) is 6.92 Å². The monoisotopic (exact) mass is 556 g/mol. The smallest absolute Gasteiger partial charge is 0.247 e. The van der Waals surface area contributed by atoms with Crippen molar-refractivity contribution >= 4 is 33.4 Å². The molecule has 8 heteroatoms. The Labute approximate surface area is 221 Å². The third-order valence-electron chi connectivity index (χ3n) is 5.82. The summed E-state index contributed by atoms with van der Waals surface area (Å²) in [5.74, 6) is 2.55. The standard InChI is InChI=1S/C28H21BrN4O2S/c1-17-9-11-18(12-10-17)16-36-28-31-27-25(32-33-28)21-7-2-3-8-22(21)30-26(35-27)24-14-13-23(34-24)19-5-4-6-20(29)15-19/h2-15,26,30H,16H2,1H3/t26-/m0/s1. The van der Waals surface area contributed by atoms with Gasteiger partial charge < -0.3 is 14.5 Å². The number of para-hydroxylation sites is 1. The Morgan fingerprint density at radius 2 is 1.81 bits per heavy atom. The first-order chi connectivity index (χ1) is 17.6. The lowest BCUT2D eigenvalue weighted by molar-refractivity contribution is 0.196. The predicted molar refractivity (Wildman–Crippen MR) is 145 cm³/mol. The molecule has 0 spiro atoms. The van der Waals surface area contributed by atoms with E-state index in [1.54, 1.807) is 0 Å². The summed E-state index contributed by atoms with van der Waals surface area (Å²) in [6.07, 6.45) is -0.583. The fourth-order valence-corrected chi connectivity index (χ4v) is 5.09. The van der Waals surface area contributed by atoms with Gasteiger partial charge in [-0.05, 0) is 42.8 Å². The van der Waals surface area contributed by atoms with E-state index in [0.717, 1.165) is 32.8 Å². The number of nitrogens with one attached hydrogen (secondary N) is 1. The summed E-state index contributed by atoms with van der Waals surface area (Å²) < 4.78 is 13.6. The van der Waals surface area contributed by atoms with E-state index in [1.165, 1.54) is 22.9 Å². The van der Waals surface area contributed by atoms with Gasteiger partial charge in [0.1, 0.15) is 5.76 Å². The van der Waals surface area contributed by atoms with Crippen LogP contribution in [-0.4, -0.2) is 15.2 Å². The summed E-state index contributed by atoms with van der Waals surface area (Å²) in [5.41, 5.74) is 5.76. The van der Waals surface area contributed by atoms with Crippen LogP contribution in [0.25, 0.3) is 22.6 Å². The van der Waals surface area contributed by atoms with Crippen molar-refractivity contribution in [1.82, 2.24) is 15.2 Å². The largest absolute Gasteiger partial charge is 0.455 e. The van der Waals surface area contributed by atoms with Crippen molar-refractivity contribution in [3.05, 3.63) is 106 Å². The van der Waals surface area contributed by atoms with Gasteiger partial charge in [0.25, 0.3) is 0 Å². The average molecular weight is 557 g/mol. The maximum atomic E-state index is 6.37. The number of rotatable bonds is 5. The van der Waals surface area contributed by atoms with E-state index < -0.39 is 6.23 Å². The summed E-state index contributed by atoms with van der Waals surface area (Å²) in [7, 11) is 0. The molecule has 6 rings (SSSR count). The molecule has 1 atom stereocenters. The normalized spacial score (nSPS) is 14.2. The molecule has 1 N–H and O–H groups in total. The van der Waals surface area contributed by atoms with Gasteiger partial charge in [-0.1, -0.05) is 87.9 Å². The minimum Gasteiger partial charge on any atom is -0.455 e. The summed E-state index contributed by atoms with van der Waals surface area (Å²) in [6, 6.07) is 28.2. The fourth-order valence-electron chi connectivity index (χ4n) is 3.96. The molecule has 36 heavy (non-hydrogen) atoms. The van der Waals surface area contributed by atoms with Gasteiger partial charge in [0.2, 0.25) is 17.3 Å². The molecule has 0 bridgehead atoms. The summed E-state index contributed by atoms with van der Waals surface area (Å²) in [4.78, 5) is 4.74. The molecule has 1 aliphatic rings. The molecular weight excluding hydrogens is 536 g/mol. The maximum absolute atomic E-state index is 6.37. The molecule has 0 saturated carbocycles. The van der Waals surface area contributed by atoms with Crippen molar-refractivity contribution in [2.75, 3.05) is 5.32 Å². The number of furan rings is 1. The third-order valence-corrected chi connectivity index (χ3v) is 7.22. The van der Waals surface area contributed by atoms with Crippen molar-refractivity contribution in [3.8, 4) is 28.5 Å². The van der Waals surface area contributed by atoms with Crippen LogP contribution in [0.15, 0.2) is 99.0 Å². The number of thioether (sulfide) groups is 1. The third kappa shape index (κ3) is 4.74. The summed E-state index contributed by atoms with van der Waals surface area (Å²) in [5, 5.41) is 12.9. The van der Waals surface area contributed by atoms with Crippen molar-refractivity contribution in [1.29, 1.82) is 0 Å². The molecule has 0 radical (unpaired) electrons. The van der Waals surface area contributed by atoms with E-state index in [-0.39, 0.29) is 0 Å². The van der Waals surface area contributed by atoms with Crippen LogP contribution < -0.4 is 10.1 Å². The Kier molecular flexibility index (Phi) is 6.21. The topological polar surface area (TPSA) is 73.1 Å². The van der Waals surface area contributed by atoms with Gasteiger partial charge in [-0.25, -0.2) is 0 Å². The van der Waals surface area contributed by atoms with Crippen molar-refractivity contribution in [2.24, 2.45) is 0 Å². The van der Waals surface area contributed by atoms with Gasteiger partial charge in [0, 0.05) is 27.0 Å². The lowest BCUT2D eigenvalue weighted by Gasteiger charge is -2.16. The van der Waals surface area contributed by atoms with E-state index in [2.05, 4.69) is 62.6 Å². The molecule has 0 aliphatic carbocycles. The molecule has 5 aromatic rings. The van der Waals surface area contributed by atoms with Crippen LogP contribution >= 0.6 is 27.7 Å². The Hall–Kier alpha value is -3.62. The van der Waals surface area contributed by atoms with Crippen LogP contribution in [0.3, 0.4) is 0 Å². The highest BCUT2D eigenvalue weighted by Gasteiger charge is 2.28. The molecule has 178 valence electrons. The van der Waals surface area contributed by atoms with Gasteiger partial charge in [0.15, 0.2) is 11.5 Å². The van der Waals surface area contributed by atoms with Crippen molar-refractivity contribution < 1.29 is 9.15 Å². The number of aromatic nitrogens is 3. The number of hydrogen-bond acceptors (Lipinski definition) is 7. The highest BCUT2D eigenvalue weighted by atomic mass is 79.9. The molecular formula is C28H21BrN4O2S. The van der Waals surface area contributed by atoms with Gasteiger partial charge in [-0.3, -0.25) is 0 Å². The van der Waals surface area contributed by atoms with E-state index >= 15 is 0 Å². The first-order valence-electron chi connectivity index (χ1n) is 11.4. The average Bonchev–Trinajstić information content (AvgIpc) is 3.33. The molecule has 6 nitrogen and oxygen atoms in total. The first-order valence-corrected chi connectivity index (χ1v) is 13.2. The second-order valence-corrected chi connectivity index (χ2v) is 10.3. The number of anilines is 1. The number of halogens is 1. The van der Waals surface area contributed by atoms with Crippen LogP contribution in [0.1, 0.15) is 23.1 Å². The second kappa shape index (κ2) is 9.79. The molecule has 3 aromatic carbocycles. The lowest BCUT2D eigenvalue weighted by atomic mass is 10.1. The van der Waals surface area contributed by atoms with Gasteiger partial charge in [0.05, 0.1) is 0 Å². The van der Waals surface area contributed by atoms with E-state index in [1.807, 2.05) is 60.7 Å². The minimum absolute atomic E-state index is 0.416. The minimum atomic E-state index is -0.583. The molecule has 0 unspecified atom stereocenters. The number of aryl methyl sites for hydroxylation is 1. The molecule has 2 aromatic heterocycles. The predicted octanol–water partition coefficient (Wildman–Crippen LogP) is 7.66. The molecule has 0 amide bonds. The fraction of sp³-hybridized carbons (Fsp3) is 0.107. The van der Waals surface area contributed by atoms with Crippen LogP contribution in [-0.2, 0) is 5.75 Å². The molecule has 1 aliphatic heterocycles. The highest BCUT2D eigenvalue weighted by molar-refractivity contribution is 9.10. The van der Waals surface area contributed by atoms with E-state index in [0.29, 0.717) is 22.5 Å². The van der Waals surface area contributed by atoms with Gasteiger partial charge in [-0.15, -0.1) is 10.2 Å². The number of nitrogens with zero attached hydrogens (tertiary/aromatic N) is 3. The zero-order chi connectivity index (χ0) is 24.5. The van der Waals surface area contributed by atoms with Gasteiger partial charge in [-0.2, -0.15) is 4.98 Å². The number of fused-ring (bicyclic) bond motifs is 3. The maximum Gasteiger partial charge on any atom is 0.247 e. The number of hydrogen-bond donors (Lipinski definition) is 1. The van der Waals surface area contributed by atoms with Crippen LogP contribution in [0.2, 0.25) is 0 Å². The van der Waals surface area contributed by atoms with Crippen molar-refractivity contribution in [3.63, 3.8) is 0 Å². The Balaban J connectivity index is 1.32. The Morgan fingerprint density at radius 3 is 2.67 bits per heavy atom. The van der Waals surface area contributed by atoms with E-state index in [4.69, 9.17) is 14.1 Å². The Morgan fingerprint density at radius 1 is 0.944 bits per heavy atom. The van der Waals surface area contributed by atoms with E-state index in [9.17, 15) is 0 Å². The summed E-state index contributed by atoms with van der Waals surface area (Å²) >= 11 is 5.05. The van der Waals surface area contributed by atoms with Crippen LogP contribution in [0.5, 0.6) is 5.88 Å². The SMILES string of the molecule is Cc1ccc(CSc2nnc3c(n2)O[C@@H](c2ccc(-c4cccc(Br)c4)o2)Nc2ccccc2-3)cc1.